The van der Waals surface area contributed by atoms with Gasteiger partial charge in [0.2, 0.25) is 0 Å². The summed E-state index contributed by atoms with van der Waals surface area (Å²) in [5.74, 6) is 2.47. The summed E-state index contributed by atoms with van der Waals surface area (Å²) in [5.41, 5.74) is 8.23. The van der Waals surface area contributed by atoms with E-state index in [-0.39, 0.29) is 5.41 Å². The Morgan fingerprint density at radius 1 is 0.828 bits per heavy atom. The number of aryl methyl sites for hydroxylation is 4. The normalized spacial score (nSPS) is 13.4. The van der Waals surface area contributed by atoms with Crippen molar-refractivity contribution < 1.29 is 4.74 Å². The predicted molar refractivity (Wildman–Crippen MR) is 119 cm³/mol. The minimum atomic E-state index is 0.0937. The minimum Gasteiger partial charge on any atom is -0.485 e. The molecular weight excluding hydrogens is 358 g/mol. The molecule has 0 unspecified atom stereocenters. The third kappa shape index (κ3) is 3.48. The number of rotatable bonds is 1. The average molecular weight is 388 g/mol. The van der Waals surface area contributed by atoms with E-state index in [4.69, 9.17) is 14.7 Å². The molecule has 4 heteroatoms. The van der Waals surface area contributed by atoms with Crippen LogP contribution in [-0.4, -0.2) is 9.97 Å². The Morgan fingerprint density at radius 3 is 2.03 bits per heavy atom. The number of benzene rings is 1. The molecule has 150 valence electrons. The highest BCUT2D eigenvalue weighted by atomic mass is 16.5. The summed E-state index contributed by atoms with van der Waals surface area (Å²) in [5, 5.41) is 0. The topological polar surface area (TPSA) is 38.3 Å². The second-order valence-corrected chi connectivity index (χ2v) is 9.16. The Morgan fingerprint density at radius 2 is 1.41 bits per heavy atom. The van der Waals surface area contributed by atoms with E-state index in [0.717, 1.165) is 39.8 Å². The van der Waals surface area contributed by atoms with Gasteiger partial charge in [-0.15, -0.1) is 0 Å². The van der Waals surface area contributed by atoms with Crippen LogP contribution in [0.2, 0.25) is 0 Å². The highest BCUT2D eigenvalue weighted by molar-refractivity contribution is 5.82. The first-order chi connectivity index (χ1) is 13.6. The van der Waals surface area contributed by atoms with Gasteiger partial charge in [0.15, 0.2) is 11.6 Å². The Balaban J connectivity index is 2.01. The van der Waals surface area contributed by atoms with E-state index in [2.05, 4.69) is 70.7 Å². The SMILES string of the molecule is Cc1cnc2c(c1)COc1cc(C)cnc1N2c1c(C)cc(C(C)(C)C)cc1C. The van der Waals surface area contributed by atoms with E-state index in [1.54, 1.807) is 0 Å². The van der Waals surface area contributed by atoms with Gasteiger partial charge in [-0.05, 0) is 73.1 Å². The highest BCUT2D eigenvalue weighted by Gasteiger charge is 2.29. The van der Waals surface area contributed by atoms with Crippen molar-refractivity contribution in [2.75, 3.05) is 4.90 Å². The van der Waals surface area contributed by atoms with Gasteiger partial charge < -0.3 is 4.74 Å². The van der Waals surface area contributed by atoms with Crippen LogP contribution in [0.3, 0.4) is 0 Å². The molecule has 3 aromatic rings. The van der Waals surface area contributed by atoms with Gasteiger partial charge in [-0.1, -0.05) is 32.9 Å². The molecule has 0 aliphatic carbocycles. The van der Waals surface area contributed by atoms with Crippen LogP contribution in [-0.2, 0) is 12.0 Å². The predicted octanol–water partition coefficient (Wildman–Crippen LogP) is 6.37. The molecule has 0 bridgehead atoms. The number of ether oxygens (including phenoxy) is 1. The molecule has 0 radical (unpaired) electrons. The fraction of sp³-hybridized carbons (Fsp3) is 0.360. The lowest BCUT2D eigenvalue weighted by Crippen LogP contribution is -2.18. The first-order valence-electron chi connectivity index (χ1n) is 10.1. The van der Waals surface area contributed by atoms with E-state index >= 15 is 0 Å². The number of aromatic nitrogens is 2. The molecular formula is C25H29N3O. The molecule has 2 aromatic heterocycles. The Bertz CT molecular complexity index is 1020. The maximum absolute atomic E-state index is 6.18. The van der Waals surface area contributed by atoms with Gasteiger partial charge in [0.1, 0.15) is 12.4 Å². The molecule has 1 aromatic carbocycles. The lowest BCUT2D eigenvalue weighted by Gasteiger charge is -2.29. The van der Waals surface area contributed by atoms with Crippen molar-refractivity contribution in [1.82, 2.24) is 9.97 Å². The molecule has 1 aliphatic heterocycles. The van der Waals surface area contributed by atoms with E-state index in [1.165, 1.54) is 16.7 Å². The van der Waals surface area contributed by atoms with Crippen molar-refractivity contribution in [3.8, 4) is 5.75 Å². The molecule has 0 N–H and O–H groups in total. The molecule has 0 saturated carbocycles. The molecule has 0 spiro atoms. The summed E-state index contributed by atoms with van der Waals surface area (Å²) in [6.45, 7) is 15.7. The van der Waals surface area contributed by atoms with Crippen LogP contribution < -0.4 is 9.64 Å². The van der Waals surface area contributed by atoms with Crippen LogP contribution in [0.1, 0.15) is 54.2 Å². The maximum atomic E-state index is 6.18. The van der Waals surface area contributed by atoms with Gasteiger partial charge in [0, 0.05) is 18.0 Å². The second-order valence-electron chi connectivity index (χ2n) is 9.16. The summed E-state index contributed by atoms with van der Waals surface area (Å²) in [6, 6.07) is 8.79. The fourth-order valence-corrected chi connectivity index (χ4v) is 3.95. The number of hydrogen-bond donors (Lipinski definition) is 0. The standard InChI is InChI=1S/C25H29N3O/c1-15-8-19-14-29-21-9-16(2)13-27-24(21)28(23(19)26-12-15)22-17(3)10-20(11-18(22)4)25(5,6)7/h8-13H,14H2,1-7H3. The number of pyridine rings is 2. The number of fused-ring (bicyclic) bond motifs is 2. The zero-order valence-electron chi connectivity index (χ0n) is 18.4. The molecule has 1 aliphatic rings. The van der Waals surface area contributed by atoms with Crippen LogP contribution in [0.25, 0.3) is 0 Å². The van der Waals surface area contributed by atoms with Gasteiger partial charge in [-0.3, -0.25) is 4.90 Å². The van der Waals surface area contributed by atoms with Crippen LogP contribution in [0.5, 0.6) is 5.75 Å². The molecule has 0 atom stereocenters. The third-order valence-electron chi connectivity index (χ3n) is 5.44. The van der Waals surface area contributed by atoms with Crippen LogP contribution in [0, 0.1) is 27.7 Å². The Kier molecular flexibility index (Phi) is 4.60. The van der Waals surface area contributed by atoms with Gasteiger partial charge in [-0.2, -0.15) is 0 Å². The van der Waals surface area contributed by atoms with Gasteiger partial charge >= 0.3 is 0 Å². The smallest absolute Gasteiger partial charge is 0.181 e. The van der Waals surface area contributed by atoms with E-state index in [1.807, 2.05) is 19.3 Å². The lowest BCUT2D eigenvalue weighted by atomic mass is 9.84. The zero-order chi connectivity index (χ0) is 20.9. The second kappa shape index (κ2) is 6.87. The average Bonchev–Trinajstić information content (AvgIpc) is 2.77. The molecule has 0 fully saturated rings. The molecule has 0 saturated heterocycles. The highest BCUT2D eigenvalue weighted by Crippen LogP contribution is 2.45. The maximum Gasteiger partial charge on any atom is 0.181 e. The molecule has 4 nitrogen and oxygen atoms in total. The summed E-state index contributed by atoms with van der Waals surface area (Å²) in [7, 11) is 0. The van der Waals surface area contributed by atoms with Crippen molar-refractivity contribution >= 4 is 17.3 Å². The minimum absolute atomic E-state index is 0.0937. The van der Waals surface area contributed by atoms with Crippen molar-refractivity contribution in [3.63, 3.8) is 0 Å². The molecule has 3 heterocycles. The van der Waals surface area contributed by atoms with Crippen molar-refractivity contribution in [3.05, 3.63) is 70.0 Å². The largest absolute Gasteiger partial charge is 0.485 e. The van der Waals surface area contributed by atoms with Crippen molar-refractivity contribution in [2.24, 2.45) is 0 Å². The van der Waals surface area contributed by atoms with Gasteiger partial charge in [0.25, 0.3) is 0 Å². The van der Waals surface area contributed by atoms with Crippen molar-refractivity contribution in [1.29, 1.82) is 0 Å². The summed E-state index contributed by atoms with van der Waals surface area (Å²) >= 11 is 0. The first kappa shape index (κ1) is 19.4. The Labute approximate surface area is 173 Å². The molecule has 0 amide bonds. The third-order valence-corrected chi connectivity index (χ3v) is 5.44. The first-order valence-corrected chi connectivity index (χ1v) is 10.1. The summed E-state index contributed by atoms with van der Waals surface area (Å²) in [4.78, 5) is 11.8. The van der Waals surface area contributed by atoms with Crippen LogP contribution in [0.4, 0.5) is 17.3 Å². The fourth-order valence-electron chi connectivity index (χ4n) is 3.95. The zero-order valence-corrected chi connectivity index (χ0v) is 18.4. The van der Waals surface area contributed by atoms with Crippen LogP contribution in [0.15, 0.2) is 36.7 Å². The van der Waals surface area contributed by atoms with Gasteiger partial charge in [0.05, 0.1) is 5.69 Å². The number of anilines is 3. The summed E-state index contributed by atoms with van der Waals surface area (Å²) < 4.78 is 6.18. The quantitative estimate of drug-likeness (QED) is 0.486. The van der Waals surface area contributed by atoms with Gasteiger partial charge in [-0.25, -0.2) is 9.97 Å². The van der Waals surface area contributed by atoms with E-state index in [9.17, 15) is 0 Å². The monoisotopic (exact) mass is 387 g/mol. The molecule has 29 heavy (non-hydrogen) atoms. The Hall–Kier alpha value is -2.88. The lowest BCUT2D eigenvalue weighted by molar-refractivity contribution is 0.309. The van der Waals surface area contributed by atoms with Crippen molar-refractivity contribution in [2.45, 2.75) is 60.5 Å². The van der Waals surface area contributed by atoms with Crippen LogP contribution >= 0.6 is 0 Å². The van der Waals surface area contributed by atoms with E-state index in [0.29, 0.717) is 6.61 Å². The number of hydrogen-bond acceptors (Lipinski definition) is 4. The number of nitrogens with zero attached hydrogens (tertiary/aromatic N) is 3. The summed E-state index contributed by atoms with van der Waals surface area (Å²) in [6.07, 6.45) is 3.81. The molecule has 4 rings (SSSR count). The van der Waals surface area contributed by atoms with E-state index < -0.39 is 0 Å².